The molecule has 0 aliphatic rings. The maximum atomic E-state index is 12.5. The van der Waals surface area contributed by atoms with Crippen molar-refractivity contribution in [1.82, 2.24) is 5.43 Å². The van der Waals surface area contributed by atoms with E-state index in [0.717, 1.165) is 0 Å². The van der Waals surface area contributed by atoms with Gasteiger partial charge in [-0.1, -0.05) is 29.8 Å². The first-order valence-corrected chi connectivity index (χ1v) is 10.1. The largest absolute Gasteiger partial charge is 0.497 e. The van der Waals surface area contributed by atoms with Crippen molar-refractivity contribution in [1.29, 1.82) is 0 Å². The Balaban J connectivity index is 1.68. The van der Waals surface area contributed by atoms with Gasteiger partial charge in [-0.15, -0.1) is 0 Å². The van der Waals surface area contributed by atoms with Gasteiger partial charge in [0.1, 0.15) is 11.5 Å². The van der Waals surface area contributed by atoms with E-state index in [9.17, 15) is 14.4 Å². The summed E-state index contributed by atoms with van der Waals surface area (Å²) in [5.41, 5.74) is 3.70. The number of methoxy groups -OCH3 is 1. The van der Waals surface area contributed by atoms with E-state index in [1.807, 2.05) is 0 Å². The number of carbonyl (C=O) groups is 3. The summed E-state index contributed by atoms with van der Waals surface area (Å²) in [6.45, 7) is 1.61. The number of benzene rings is 3. The van der Waals surface area contributed by atoms with Crippen LogP contribution in [0.1, 0.15) is 22.8 Å². The van der Waals surface area contributed by atoms with Crippen LogP contribution >= 0.6 is 11.6 Å². The number of anilines is 1. The monoisotopic (exact) mass is 465 g/mol. The Labute approximate surface area is 195 Å². The predicted octanol–water partition coefficient (Wildman–Crippen LogP) is 4.05. The first-order chi connectivity index (χ1) is 15.9. The second-order valence-corrected chi connectivity index (χ2v) is 7.15. The molecule has 33 heavy (non-hydrogen) atoms. The fourth-order valence-electron chi connectivity index (χ4n) is 2.74. The zero-order valence-electron chi connectivity index (χ0n) is 17.8. The minimum absolute atomic E-state index is 0.247. The van der Waals surface area contributed by atoms with Crippen molar-refractivity contribution in [3.63, 3.8) is 0 Å². The fraction of sp³-hybridized carbons (Fsp3) is 0.0833. The second-order valence-electron chi connectivity index (χ2n) is 6.72. The van der Waals surface area contributed by atoms with E-state index in [2.05, 4.69) is 15.8 Å². The summed E-state index contributed by atoms with van der Waals surface area (Å²) in [5.74, 6) is -1.58. The number of para-hydroxylation sites is 1. The molecule has 0 heterocycles. The third-order valence-electron chi connectivity index (χ3n) is 4.42. The second kappa shape index (κ2) is 10.9. The highest BCUT2D eigenvalue weighted by atomic mass is 35.5. The number of halogens is 1. The number of amides is 2. The summed E-state index contributed by atoms with van der Waals surface area (Å²) in [7, 11) is 1.53. The number of hydrazone groups is 1. The molecule has 0 aromatic heterocycles. The molecule has 0 saturated carbocycles. The van der Waals surface area contributed by atoms with Crippen LogP contribution in [0.5, 0.6) is 11.5 Å². The Hall–Kier alpha value is -4.17. The van der Waals surface area contributed by atoms with Crippen LogP contribution in [-0.4, -0.2) is 30.6 Å². The first kappa shape index (κ1) is 23.5. The smallest absolute Gasteiger partial charge is 0.343 e. The van der Waals surface area contributed by atoms with Crippen LogP contribution < -0.4 is 20.2 Å². The zero-order valence-corrected chi connectivity index (χ0v) is 18.6. The van der Waals surface area contributed by atoms with E-state index in [0.29, 0.717) is 33.3 Å². The summed E-state index contributed by atoms with van der Waals surface area (Å²) >= 11 is 5.87. The van der Waals surface area contributed by atoms with Crippen molar-refractivity contribution in [3.8, 4) is 11.5 Å². The molecule has 0 fully saturated rings. The van der Waals surface area contributed by atoms with Gasteiger partial charge in [-0.2, -0.15) is 5.10 Å². The van der Waals surface area contributed by atoms with Gasteiger partial charge >= 0.3 is 17.8 Å². The molecular formula is C24H20ClN3O5. The average molecular weight is 466 g/mol. The molecular weight excluding hydrogens is 446 g/mol. The van der Waals surface area contributed by atoms with Crippen molar-refractivity contribution in [2.45, 2.75) is 6.92 Å². The Morgan fingerprint density at radius 2 is 1.64 bits per heavy atom. The van der Waals surface area contributed by atoms with Crippen molar-refractivity contribution in [2.75, 3.05) is 12.4 Å². The molecule has 168 valence electrons. The van der Waals surface area contributed by atoms with Crippen LogP contribution in [0.2, 0.25) is 5.02 Å². The molecule has 0 bridgehead atoms. The third-order valence-corrected chi connectivity index (χ3v) is 4.65. The number of rotatable bonds is 6. The van der Waals surface area contributed by atoms with Gasteiger partial charge < -0.3 is 14.8 Å². The van der Waals surface area contributed by atoms with Crippen LogP contribution in [0.25, 0.3) is 0 Å². The molecule has 0 unspecified atom stereocenters. The minimum Gasteiger partial charge on any atom is -0.497 e. The summed E-state index contributed by atoms with van der Waals surface area (Å²) in [4.78, 5) is 36.7. The summed E-state index contributed by atoms with van der Waals surface area (Å²) < 4.78 is 10.6. The number of nitrogens with zero attached hydrogens (tertiary/aromatic N) is 1. The van der Waals surface area contributed by atoms with Gasteiger partial charge in [-0.3, -0.25) is 9.59 Å². The SMILES string of the molecule is COc1ccc(C(=O)Oc2ccccc2/C(C)=N/NC(=O)C(=O)Nc2cccc(Cl)c2)cc1. The number of esters is 1. The average Bonchev–Trinajstić information content (AvgIpc) is 2.82. The van der Waals surface area contributed by atoms with E-state index in [1.54, 1.807) is 73.7 Å². The minimum atomic E-state index is -0.970. The van der Waals surface area contributed by atoms with Gasteiger partial charge in [0.2, 0.25) is 0 Å². The van der Waals surface area contributed by atoms with E-state index in [-0.39, 0.29) is 5.75 Å². The standard InChI is InChI=1S/C24H20ClN3O5/c1-15(27-28-23(30)22(29)26-18-7-5-6-17(25)14-18)20-8-3-4-9-21(20)33-24(31)16-10-12-19(32-2)13-11-16/h3-14H,1-2H3,(H,26,29)(H,28,30)/b27-15+. The van der Waals surface area contributed by atoms with E-state index in [1.165, 1.54) is 13.2 Å². The normalized spacial score (nSPS) is 10.8. The quantitative estimate of drug-likeness (QED) is 0.188. The molecule has 0 aliphatic heterocycles. The molecule has 9 heteroatoms. The summed E-state index contributed by atoms with van der Waals surface area (Å²) in [5, 5.41) is 6.81. The molecule has 0 aliphatic carbocycles. The number of ether oxygens (including phenoxy) is 2. The lowest BCUT2D eigenvalue weighted by Gasteiger charge is -2.10. The predicted molar refractivity (Wildman–Crippen MR) is 125 cm³/mol. The van der Waals surface area contributed by atoms with Crippen molar-refractivity contribution >= 4 is 40.8 Å². The maximum absolute atomic E-state index is 12.5. The molecule has 8 nitrogen and oxygen atoms in total. The molecule has 0 radical (unpaired) electrons. The van der Waals surface area contributed by atoms with Gasteiger partial charge in [0.25, 0.3) is 0 Å². The number of carbonyl (C=O) groups excluding carboxylic acids is 3. The topological polar surface area (TPSA) is 106 Å². The van der Waals surface area contributed by atoms with Crippen LogP contribution in [-0.2, 0) is 9.59 Å². The lowest BCUT2D eigenvalue weighted by atomic mass is 10.1. The molecule has 3 aromatic carbocycles. The Morgan fingerprint density at radius 1 is 0.909 bits per heavy atom. The van der Waals surface area contributed by atoms with Crippen molar-refractivity contribution < 1.29 is 23.9 Å². The molecule has 3 rings (SSSR count). The third kappa shape index (κ3) is 6.41. The highest BCUT2D eigenvalue weighted by molar-refractivity contribution is 6.40. The van der Waals surface area contributed by atoms with Crippen LogP contribution in [0, 0.1) is 0 Å². The highest BCUT2D eigenvalue weighted by Gasteiger charge is 2.16. The molecule has 0 spiro atoms. The number of hydrogen-bond donors (Lipinski definition) is 2. The number of hydrogen-bond acceptors (Lipinski definition) is 6. The Morgan fingerprint density at radius 3 is 2.33 bits per heavy atom. The molecule has 3 aromatic rings. The van der Waals surface area contributed by atoms with E-state index in [4.69, 9.17) is 21.1 Å². The lowest BCUT2D eigenvalue weighted by Crippen LogP contribution is -2.33. The lowest BCUT2D eigenvalue weighted by molar-refractivity contribution is -0.136. The summed E-state index contributed by atoms with van der Waals surface area (Å²) in [6, 6.07) is 19.6. The van der Waals surface area contributed by atoms with Gasteiger partial charge in [-0.25, -0.2) is 10.2 Å². The maximum Gasteiger partial charge on any atom is 0.343 e. The van der Waals surface area contributed by atoms with Crippen LogP contribution in [0.15, 0.2) is 77.9 Å². The number of nitrogens with one attached hydrogen (secondary N) is 2. The van der Waals surface area contributed by atoms with Crippen molar-refractivity contribution in [2.24, 2.45) is 5.10 Å². The first-order valence-electron chi connectivity index (χ1n) is 9.74. The van der Waals surface area contributed by atoms with Crippen LogP contribution in [0.4, 0.5) is 5.69 Å². The highest BCUT2D eigenvalue weighted by Crippen LogP contribution is 2.21. The zero-order chi connectivity index (χ0) is 23.8. The van der Waals surface area contributed by atoms with Gasteiger partial charge in [0.15, 0.2) is 0 Å². The fourth-order valence-corrected chi connectivity index (χ4v) is 2.93. The molecule has 2 amide bonds. The van der Waals surface area contributed by atoms with E-state index >= 15 is 0 Å². The molecule has 0 atom stereocenters. The molecule has 0 saturated heterocycles. The Kier molecular flexibility index (Phi) is 7.77. The van der Waals surface area contributed by atoms with Crippen molar-refractivity contribution in [3.05, 3.63) is 88.9 Å². The van der Waals surface area contributed by atoms with Gasteiger partial charge in [0.05, 0.1) is 18.4 Å². The summed E-state index contributed by atoms with van der Waals surface area (Å²) in [6.07, 6.45) is 0. The van der Waals surface area contributed by atoms with Crippen LogP contribution in [0.3, 0.4) is 0 Å². The molecule has 2 N–H and O–H groups in total. The van der Waals surface area contributed by atoms with Gasteiger partial charge in [0, 0.05) is 16.3 Å². The van der Waals surface area contributed by atoms with E-state index < -0.39 is 17.8 Å². The van der Waals surface area contributed by atoms with Gasteiger partial charge in [-0.05, 0) is 61.5 Å². The Bertz CT molecular complexity index is 1210.